The van der Waals surface area contributed by atoms with Crippen LogP contribution in [0.3, 0.4) is 0 Å². The fraction of sp³-hybridized carbons (Fsp3) is 0.143. The first-order valence-electron chi connectivity index (χ1n) is 3.51. The van der Waals surface area contributed by atoms with Crippen LogP contribution in [0, 0.1) is 11.6 Å². The number of rotatable bonds is 2. The van der Waals surface area contributed by atoms with Gasteiger partial charge in [0.1, 0.15) is 11.6 Å². The Morgan fingerprint density at radius 1 is 1.31 bits per heavy atom. The number of halogens is 3. The molecule has 0 fully saturated rings. The number of benzene rings is 1. The van der Waals surface area contributed by atoms with Gasteiger partial charge in [-0.25, -0.2) is 8.78 Å². The van der Waals surface area contributed by atoms with E-state index in [9.17, 15) is 8.78 Å². The molecule has 6 heteroatoms. The van der Waals surface area contributed by atoms with Gasteiger partial charge in [-0.2, -0.15) is 0 Å². The Morgan fingerprint density at radius 3 is 2.46 bits per heavy atom. The second-order valence-corrected chi connectivity index (χ2v) is 3.36. The van der Waals surface area contributed by atoms with E-state index in [1.807, 2.05) is 0 Å². The molecule has 0 aliphatic heterocycles. The molecule has 0 bridgehead atoms. The fourth-order valence-corrected chi connectivity index (χ4v) is 1.31. The minimum atomic E-state index is -1.75. The van der Waals surface area contributed by atoms with E-state index >= 15 is 0 Å². The average Bonchev–Trinajstić information content (AvgIpc) is 2.05. The molecule has 0 radical (unpaired) electrons. The third-order valence-corrected chi connectivity index (χ3v) is 2.14. The van der Waals surface area contributed by atoms with Crippen molar-refractivity contribution < 1.29 is 18.8 Å². The van der Waals surface area contributed by atoms with Gasteiger partial charge in [-0.3, -0.25) is 0 Å². The van der Waals surface area contributed by atoms with Crippen molar-refractivity contribution >= 4 is 23.0 Å². The second-order valence-electron chi connectivity index (χ2n) is 2.51. The Balaban J connectivity index is 3.10. The minimum absolute atomic E-state index is 0.101. The van der Waals surface area contributed by atoms with Crippen LogP contribution in [0.4, 0.5) is 8.78 Å². The normalized spacial score (nSPS) is 10.2. The van der Waals surface area contributed by atoms with Gasteiger partial charge in [0, 0.05) is 11.9 Å². The molecular formula is C7H6BBrF2O2. The molecule has 0 saturated carbocycles. The highest BCUT2D eigenvalue weighted by Gasteiger charge is 2.17. The summed E-state index contributed by atoms with van der Waals surface area (Å²) in [6.07, 6.45) is -0.461. The highest BCUT2D eigenvalue weighted by atomic mass is 79.9. The van der Waals surface area contributed by atoms with Crippen LogP contribution in [0.5, 0.6) is 0 Å². The van der Waals surface area contributed by atoms with Crippen LogP contribution in [-0.4, -0.2) is 17.2 Å². The highest BCUT2D eigenvalue weighted by Crippen LogP contribution is 2.21. The van der Waals surface area contributed by atoms with E-state index in [-0.39, 0.29) is 10.0 Å². The molecule has 0 amide bonds. The summed E-state index contributed by atoms with van der Waals surface area (Å²) in [4.78, 5) is 0. The lowest BCUT2D eigenvalue weighted by molar-refractivity contribution is 0.401. The molecule has 0 saturated heterocycles. The van der Waals surface area contributed by atoms with Gasteiger partial charge >= 0.3 is 7.12 Å². The topological polar surface area (TPSA) is 40.5 Å². The van der Waals surface area contributed by atoms with Gasteiger partial charge in [-0.1, -0.05) is 0 Å². The molecule has 2 N–H and O–H groups in total. The Bertz CT molecular complexity index is 320. The van der Waals surface area contributed by atoms with Crippen molar-refractivity contribution in [2.24, 2.45) is 0 Å². The molecule has 1 aromatic rings. The van der Waals surface area contributed by atoms with Crippen LogP contribution in [-0.2, 0) is 6.32 Å². The van der Waals surface area contributed by atoms with E-state index in [0.717, 1.165) is 6.07 Å². The predicted octanol–water partition coefficient (Wildman–Crippen LogP) is 1.28. The Labute approximate surface area is 82.5 Å². The monoisotopic (exact) mass is 250 g/mol. The van der Waals surface area contributed by atoms with Crippen LogP contribution < -0.4 is 0 Å². The SMILES string of the molecule is OB(O)Cc1c(F)ccc(Br)c1F. The standard InChI is InChI=1S/C7H6BBrF2O2/c9-5-1-2-6(10)4(7(5)11)3-8(12)13/h1-2,12-13H,3H2. The zero-order valence-electron chi connectivity index (χ0n) is 6.47. The molecule has 0 atom stereocenters. The van der Waals surface area contributed by atoms with Crippen molar-refractivity contribution in [2.75, 3.05) is 0 Å². The minimum Gasteiger partial charge on any atom is -0.427 e. The first-order valence-corrected chi connectivity index (χ1v) is 4.30. The molecule has 0 unspecified atom stereocenters. The van der Waals surface area contributed by atoms with E-state index in [0.29, 0.717) is 0 Å². The van der Waals surface area contributed by atoms with Crippen LogP contribution in [0.1, 0.15) is 5.56 Å². The van der Waals surface area contributed by atoms with Gasteiger partial charge < -0.3 is 10.0 Å². The molecule has 70 valence electrons. The second kappa shape index (κ2) is 4.17. The highest BCUT2D eigenvalue weighted by molar-refractivity contribution is 9.10. The summed E-state index contributed by atoms with van der Waals surface area (Å²) in [6.45, 7) is 0. The maximum atomic E-state index is 13.1. The molecular weight excluding hydrogens is 245 g/mol. The summed E-state index contributed by atoms with van der Waals surface area (Å²) in [6, 6.07) is 2.28. The number of hydrogen-bond donors (Lipinski definition) is 2. The molecule has 0 aromatic heterocycles. The average molecular weight is 251 g/mol. The Morgan fingerprint density at radius 2 is 1.92 bits per heavy atom. The summed E-state index contributed by atoms with van der Waals surface area (Å²) < 4.78 is 26.1. The smallest absolute Gasteiger partial charge is 0.427 e. The summed E-state index contributed by atoms with van der Waals surface area (Å²) in [5.74, 6) is -1.58. The van der Waals surface area contributed by atoms with Gasteiger partial charge in [-0.15, -0.1) is 0 Å². The van der Waals surface area contributed by atoms with Crippen molar-refractivity contribution in [2.45, 2.75) is 6.32 Å². The zero-order valence-corrected chi connectivity index (χ0v) is 8.05. The van der Waals surface area contributed by atoms with E-state index < -0.39 is 25.1 Å². The molecule has 1 aromatic carbocycles. The van der Waals surface area contributed by atoms with Crippen LogP contribution >= 0.6 is 15.9 Å². The molecule has 0 heterocycles. The lowest BCUT2D eigenvalue weighted by atomic mass is 9.81. The lowest BCUT2D eigenvalue weighted by Crippen LogP contribution is -2.17. The molecule has 0 spiro atoms. The zero-order chi connectivity index (χ0) is 10.0. The summed E-state index contributed by atoms with van der Waals surface area (Å²) in [7, 11) is -1.75. The lowest BCUT2D eigenvalue weighted by Gasteiger charge is -2.04. The fourth-order valence-electron chi connectivity index (χ4n) is 0.939. The van der Waals surface area contributed by atoms with Crippen molar-refractivity contribution in [1.29, 1.82) is 0 Å². The Kier molecular flexibility index (Phi) is 3.41. The Hall–Kier alpha value is -0.455. The van der Waals surface area contributed by atoms with E-state index in [4.69, 9.17) is 10.0 Å². The summed E-state index contributed by atoms with van der Waals surface area (Å²) in [5.41, 5.74) is -0.329. The molecule has 0 aliphatic carbocycles. The molecule has 2 nitrogen and oxygen atoms in total. The van der Waals surface area contributed by atoms with E-state index in [1.165, 1.54) is 6.07 Å². The summed E-state index contributed by atoms with van der Waals surface area (Å²) >= 11 is 2.87. The van der Waals surface area contributed by atoms with Crippen molar-refractivity contribution in [3.05, 3.63) is 33.8 Å². The molecule has 1 rings (SSSR count). The van der Waals surface area contributed by atoms with Gasteiger partial charge in [-0.05, 0) is 28.1 Å². The van der Waals surface area contributed by atoms with Gasteiger partial charge in [0.25, 0.3) is 0 Å². The summed E-state index contributed by atoms with van der Waals surface area (Å²) in [5, 5.41) is 17.1. The largest absolute Gasteiger partial charge is 0.456 e. The van der Waals surface area contributed by atoms with Crippen LogP contribution in [0.25, 0.3) is 0 Å². The first kappa shape index (κ1) is 10.6. The maximum Gasteiger partial charge on any atom is 0.456 e. The third-order valence-electron chi connectivity index (χ3n) is 1.53. The van der Waals surface area contributed by atoms with Gasteiger partial charge in [0.05, 0.1) is 4.47 Å². The number of hydrogen-bond acceptors (Lipinski definition) is 2. The van der Waals surface area contributed by atoms with Crippen molar-refractivity contribution in [1.82, 2.24) is 0 Å². The van der Waals surface area contributed by atoms with Crippen molar-refractivity contribution in [3.63, 3.8) is 0 Å². The van der Waals surface area contributed by atoms with Gasteiger partial charge in [0.15, 0.2) is 0 Å². The van der Waals surface area contributed by atoms with Gasteiger partial charge in [0.2, 0.25) is 0 Å². The quantitative estimate of drug-likeness (QED) is 0.613. The maximum absolute atomic E-state index is 13.1. The third kappa shape index (κ3) is 2.49. The van der Waals surface area contributed by atoms with Crippen LogP contribution in [0.2, 0.25) is 0 Å². The van der Waals surface area contributed by atoms with E-state index in [1.54, 1.807) is 0 Å². The first-order chi connectivity index (χ1) is 6.02. The molecule has 0 aliphatic rings. The van der Waals surface area contributed by atoms with Crippen molar-refractivity contribution in [3.8, 4) is 0 Å². The molecule has 13 heavy (non-hydrogen) atoms. The van der Waals surface area contributed by atoms with E-state index in [2.05, 4.69) is 15.9 Å². The predicted molar refractivity (Wildman–Crippen MR) is 48.0 cm³/mol. The van der Waals surface area contributed by atoms with Crippen LogP contribution in [0.15, 0.2) is 16.6 Å².